The van der Waals surface area contributed by atoms with E-state index in [1.165, 1.54) is 11.8 Å². The highest BCUT2D eigenvalue weighted by atomic mass is 35.5. The Labute approximate surface area is 126 Å². The molecule has 0 aliphatic rings. The number of ether oxygens (including phenoxy) is 1. The van der Waals surface area contributed by atoms with Gasteiger partial charge in [0.1, 0.15) is 11.6 Å². The quantitative estimate of drug-likeness (QED) is 0.389. The smallest absolute Gasteiger partial charge is 0.225 e. The average Bonchev–Trinajstić information content (AvgIpc) is 2.42. The lowest BCUT2D eigenvalue weighted by atomic mass is 10.1. The van der Waals surface area contributed by atoms with Gasteiger partial charge in [0.05, 0.1) is 0 Å². The fourth-order valence-corrected chi connectivity index (χ4v) is 2.48. The van der Waals surface area contributed by atoms with Crippen LogP contribution in [0.2, 0.25) is 5.02 Å². The van der Waals surface area contributed by atoms with Crippen molar-refractivity contribution < 1.29 is 4.74 Å². The van der Waals surface area contributed by atoms with E-state index in [0.29, 0.717) is 21.9 Å². The highest BCUT2D eigenvalue weighted by Crippen LogP contribution is 2.31. The number of aromatic nitrogens is 2. The summed E-state index contributed by atoms with van der Waals surface area (Å²) in [6, 6.07) is 5.35. The van der Waals surface area contributed by atoms with Crippen molar-refractivity contribution in [2.24, 2.45) is 5.84 Å². The number of anilines is 1. The van der Waals surface area contributed by atoms with Gasteiger partial charge in [0.2, 0.25) is 5.88 Å². The number of nitrogens with one attached hydrogen (secondary N) is 1. The Kier molecular flexibility index (Phi) is 4.69. The largest absolute Gasteiger partial charge is 0.438 e. The number of nitrogens with two attached hydrogens (primary N) is 1. The normalized spacial score (nSPS) is 10.4. The Bertz CT molecular complexity index is 591. The molecule has 7 heteroatoms. The molecule has 0 aliphatic heterocycles. The second-order valence-corrected chi connectivity index (χ2v) is 5.40. The molecule has 1 aromatic heterocycles. The van der Waals surface area contributed by atoms with Crippen LogP contribution in [0.25, 0.3) is 0 Å². The van der Waals surface area contributed by atoms with E-state index in [9.17, 15) is 0 Å². The molecule has 0 bridgehead atoms. The van der Waals surface area contributed by atoms with Crippen molar-refractivity contribution in [2.75, 3.05) is 11.7 Å². The van der Waals surface area contributed by atoms with Crippen molar-refractivity contribution in [3.63, 3.8) is 0 Å². The van der Waals surface area contributed by atoms with Crippen molar-refractivity contribution in [2.45, 2.75) is 19.0 Å². The van der Waals surface area contributed by atoms with Crippen LogP contribution in [-0.2, 0) is 0 Å². The molecule has 2 rings (SSSR count). The molecule has 0 saturated heterocycles. The first kappa shape index (κ1) is 14.9. The molecule has 0 unspecified atom stereocenters. The van der Waals surface area contributed by atoms with Crippen LogP contribution in [0, 0.1) is 13.8 Å². The van der Waals surface area contributed by atoms with Crippen LogP contribution in [0.1, 0.15) is 11.1 Å². The Hall–Kier alpha value is -1.50. The molecule has 2 aromatic rings. The minimum absolute atomic E-state index is 0.436. The minimum Gasteiger partial charge on any atom is -0.438 e. The lowest BCUT2D eigenvalue weighted by Gasteiger charge is -2.12. The molecule has 1 aromatic carbocycles. The summed E-state index contributed by atoms with van der Waals surface area (Å²) in [5.41, 5.74) is 4.39. The second kappa shape index (κ2) is 6.30. The first-order chi connectivity index (χ1) is 9.53. The Morgan fingerprint density at radius 3 is 2.40 bits per heavy atom. The summed E-state index contributed by atoms with van der Waals surface area (Å²) in [5, 5.41) is 1.27. The number of nitrogen functional groups attached to an aromatic ring is 1. The number of thioether (sulfide) groups is 1. The molecule has 0 amide bonds. The Morgan fingerprint density at radius 2 is 1.85 bits per heavy atom. The summed E-state index contributed by atoms with van der Waals surface area (Å²) < 4.78 is 5.86. The van der Waals surface area contributed by atoms with E-state index < -0.39 is 0 Å². The molecule has 3 N–H and O–H groups in total. The van der Waals surface area contributed by atoms with E-state index in [-0.39, 0.29) is 0 Å². The Balaban J connectivity index is 2.39. The third-order valence-corrected chi connectivity index (χ3v) is 3.41. The van der Waals surface area contributed by atoms with E-state index in [1.54, 1.807) is 6.07 Å². The lowest BCUT2D eigenvalue weighted by molar-refractivity contribution is 0.449. The predicted octanol–water partition coefficient (Wildman–Crippen LogP) is 3.55. The van der Waals surface area contributed by atoms with E-state index >= 15 is 0 Å². The lowest BCUT2D eigenvalue weighted by Crippen LogP contribution is -2.09. The van der Waals surface area contributed by atoms with Gasteiger partial charge in [0, 0.05) is 11.1 Å². The number of rotatable bonds is 4. The van der Waals surface area contributed by atoms with Crippen LogP contribution >= 0.6 is 23.4 Å². The summed E-state index contributed by atoms with van der Waals surface area (Å²) in [6.45, 7) is 3.87. The van der Waals surface area contributed by atoms with E-state index in [4.69, 9.17) is 22.2 Å². The van der Waals surface area contributed by atoms with Crippen molar-refractivity contribution in [1.29, 1.82) is 0 Å². The molecule has 0 saturated carbocycles. The molecule has 5 nitrogen and oxygen atoms in total. The number of hydrogen-bond donors (Lipinski definition) is 2. The maximum atomic E-state index is 6.01. The summed E-state index contributed by atoms with van der Waals surface area (Å²) in [6.07, 6.45) is 1.89. The van der Waals surface area contributed by atoms with Gasteiger partial charge in [0.25, 0.3) is 0 Å². The number of hydrazine groups is 1. The van der Waals surface area contributed by atoms with Crippen molar-refractivity contribution in [3.05, 3.63) is 34.3 Å². The molecule has 1 heterocycles. The second-order valence-electron chi connectivity index (χ2n) is 4.19. The van der Waals surface area contributed by atoms with Gasteiger partial charge in [-0.3, -0.25) is 0 Å². The van der Waals surface area contributed by atoms with Gasteiger partial charge in [-0.25, -0.2) is 10.8 Å². The van der Waals surface area contributed by atoms with Crippen molar-refractivity contribution in [3.8, 4) is 11.6 Å². The van der Waals surface area contributed by atoms with Crippen LogP contribution in [0.3, 0.4) is 0 Å². The third-order valence-electron chi connectivity index (χ3n) is 2.64. The molecule has 106 valence electrons. The fraction of sp³-hybridized carbons (Fsp3) is 0.231. The topological polar surface area (TPSA) is 73.1 Å². The zero-order chi connectivity index (χ0) is 14.7. The summed E-state index contributed by atoms with van der Waals surface area (Å²) >= 11 is 7.42. The average molecular weight is 311 g/mol. The number of halogens is 1. The van der Waals surface area contributed by atoms with Crippen LogP contribution in [0.4, 0.5) is 5.82 Å². The molecule has 0 aliphatic carbocycles. The summed E-state index contributed by atoms with van der Waals surface area (Å²) in [5.74, 6) is 7.07. The van der Waals surface area contributed by atoms with Crippen LogP contribution in [-0.4, -0.2) is 16.2 Å². The highest BCUT2D eigenvalue weighted by molar-refractivity contribution is 7.98. The highest BCUT2D eigenvalue weighted by Gasteiger charge is 2.10. The summed E-state index contributed by atoms with van der Waals surface area (Å²) in [7, 11) is 0. The van der Waals surface area contributed by atoms with E-state index in [2.05, 4.69) is 15.4 Å². The SMILES string of the molecule is CSc1nc(NN)cc(Oc2c(C)cc(Cl)cc2C)n1. The van der Waals surface area contributed by atoms with Gasteiger partial charge in [0.15, 0.2) is 5.16 Å². The van der Waals surface area contributed by atoms with Crippen LogP contribution in [0.15, 0.2) is 23.4 Å². The van der Waals surface area contributed by atoms with Gasteiger partial charge >= 0.3 is 0 Å². The Morgan fingerprint density at radius 1 is 1.20 bits per heavy atom. The standard InChI is InChI=1S/C13H15ClN4OS/c1-7-4-9(14)5-8(2)12(7)19-11-6-10(18-15)16-13(17-11)20-3/h4-6H,15H2,1-3H3,(H,16,17,18). The molecule has 0 atom stereocenters. The van der Waals surface area contributed by atoms with Crippen LogP contribution in [0.5, 0.6) is 11.6 Å². The van der Waals surface area contributed by atoms with E-state index in [1.807, 2.05) is 32.2 Å². The van der Waals surface area contributed by atoms with Crippen LogP contribution < -0.4 is 16.0 Å². The zero-order valence-corrected chi connectivity index (χ0v) is 13.0. The minimum atomic E-state index is 0.436. The van der Waals surface area contributed by atoms with Crippen molar-refractivity contribution in [1.82, 2.24) is 9.97 Å². The van der Waals surface area contributed by atoms with Crippen molar-refractivity contribution >= 4 is 29.2 Å². The van der Waals surface area contributed by atoms with Gasteiger partial charge in [-0.1, -0.05) is 23.4 Å². The number of hydrogen-bond acceptors (Lipinski definition) is 6. The molecule has 20 heavy (non-hydrogen) atoms. The summed E-state index contributed by atoms with van der Waals surface area (Å²) in [4.78, 5) is 8.49. The monoisotopic (exact) mass is 310 g/mol. The fourth-order valence-electron chi connectivity index (χ4n) is 1.78. The van der Waals surface area contributed by atoms with E-state index in [0.717, 1.165) is 16.9 Å². The molecular formula is C13H15ClN4OS. The molecule has 0 radical (unpaired) electrons. The first-order valence-corrected chi connectivity index (χ1v) is 7.48. The zero-order valence-electron chi connectivity index (χ0n) is 11.4. The maximum absolute atomic E-state index is 6.01. The first-order valence-electron chi connectivity index (χ1n) is 5.87. The number of nitrogens with zero attached hydrogens (tertiary/aromatic N) is 2. The number of benzene rings is 1. The molecular weight excluding hydrogens is 296 g/mol. The maximum Gasteiger partial charge on any atom is 0.225 e. The third kappa shape index (κ3) is 3.33. The molecule has 0 spiro atoms. The molecule has 0 fully saturated rings. The van der Waals surface area contributed by atoms with Gasteiger partial charge in [-0.15, -0.1) is 0 Å². The van der Waals surface area contributed by atoms with Gasteiger partial charge < -0.3 is 10.2 Å². The predicted molar refractivity (Wildman–Crippen MR) is 82.6 cm³/mol. The number of aryl methyl sites for hydroxylation is 2. The van der Waals surface area contributed by atoms with Gasteiger partial charge in [-0.2, -0.15) is 4.98 Å². The van der Waals surface area contributed by atoms with Gasteiger partial charge in [-0.05, 0) is 43.4 Å².